The van der Waals surface area contributed by atoms with E-state index in [1.165, 1.54) is 6.07 Å². The number of ether oxygens (including phenoxy) is 2. The lowest BCUT2D eigenvalue weighted by molar-refractivity contribution is -0.116. The van der Waals surface area contributed by atoms with E-state index in [-0.39, 0.29) is 6.79 Å². The Kier molecular flexibility index (Phi) is 3.44. The number of carbonyl (C=O) groups excluding carboxylic acids is 1. The summed E-state index contributed by atoms with van der Waals surface area (Å²) in [6, 6.07) is 6.50. The van der Waals surface area contributed by atoms with Crippen LogP contribution in [-0.4, -0.2) is 33.0 Å². The molecule has 7 heteroatoms. The fraction of sp³-hybridized carbons (Fsp3) is 0.333. The Balaban J connectivity index is 2.28. The molecular weight excluding hydrogens is 270 g/mol. The summed E-state index contributed by atoms with van der Waals surface area (Å²) >= 11 is 0. The maximum atomic E-state index is 11.8. The first-order valence-electron chi connectivity index (χ1n) is 5.40. The van der Waals surface area contributed by atoms with Crippen LogP contribution < -0.4 is 9.47 Å². The van der Waals surface area contributed by atoms with Gasteiger partial charge in [-0.05, 0) is 17.7 Å². The van der Waals surface area contributed by atoms with Crippen LogP contribution in [0.4, 0.5) is 0 Å². The van der Waals surface area contributed by atoms with Crippen molar-refractivity contribution in [2.45, 2.75) is 5.92 Å². The van der Waals surface area contributed by atoms with E-state index in [2.05, 4.69) is 0 Å². The molecule has 1 unspecified atom stereocenters. The number of rotatable bonds is 4. The molecule has 1 aliphatic heterocycles. The molecule has 0 amide bonds. The predicted molar refractivity (Wildman–Crippen MR) is 65.6 cm³/mol. The van der Waals surface area contributed by atoms with Gasteiger partial charge in [-0.2, -0.15) is 5.26 Å². The number of nitriles is 1. The smallest absolute Gasteiger partial charge is 0.231 e. The number of sulfone groups is 1. The standard InChI is InChI=1S/C12H11NO5S/c1-19(15,16)6-10(14)9(5-13)8-2-3-11-12(4-8)18-7-17-11/h2-4,9H,6-7H2,1H3. The summed E-state index contributed by atoms with van der Waals surface area (Å²) in [5, 5.41) is 9.06. The van der Waals surface area contributed by atoms with Gasteiger partial charge in [-0.15, -0.1) is 0 Å². The minimum absolute atomic E-state index is 0.0906. The van der Waals surface area contributed by atoms with E-state index in [1.807, 2.05) is 6.07 Å². The fourth-order valence-corrected chi connectivity index (χ4v) is 2.45. The van der Waals surface area contributed by atoms with Gasteiger partial charge in [-0.1, -0.05) is 6.07 Å². The van der Waals surface area contributed by atoms with Crippen molar-refractivity contribution in [1.82, 2.24) is 0 Å². The lowest BCUT2D eigenvalue weighted by Crippen LogP contribution is -2.20. The first-order chi connectivity index (χ1) is 8.90. The summed E-state index contributed by atoms with van der Waals surface area (Å²) in [6.07, 6.45) is 0.957. The summed E-state index contributed by atoms with van der Waals surface area (Å²) in [5.74, 6) is -1.44. The highest BCUT2D eigenvalue weighted by Crippen LogP contribution is 2.34. The maximum absolute atomic E-state index is 11.8. The average molecular weight is 281 g/mol. The van der Waals surface area contributed by atoms with Crippen LogP contribution in [0.5, 0.6) is 11.5 Å². The number of hydrogen-bond acceptors (Lipinski definition) is 6. The van der Waals surface area contributed by atoms with Gasteiger partial charge in [-0.25, -0.2) is 8.42 Å². The fourth-order valence-electron chi connectivity index (χ4n) is 1.77. The number of carbonyl (C=O) groups is 1. The third kappa shape index (κ3) is 3.03. The van der Waals surface area contributed by atoms with E-state index in [0.717, 1.165) is 6.26 Å². The number of benzene rings is 1. The molecule has 1 aromatic carbocycles. The van der Waals surface area contributed by atoms with Crippen LogP contribution in [0.3, 0.4) is 0 Å². The lowest BCUT2D eigenvalue weighted by Gasteiger charge is -2.08. The molecule has 2 rings (SSSR count). The van der Waals surface area contributed by atoms with Gasteiger partial charge in [0.05, 0.1) is 6.07 Å². The topological polar surface area (TPSA) is 93.5 Å². The van der Waals surface area contributed by atoms with Crippen LogP contribution in [-0.2, 0) is 14.6 Å². The Bertz CT molecular complexity index is 659. The normalized spacial score (nSPS) is 14.7. The van der Waals surface area contributed by atoms with E-state index in [0.29, 0.717) is 17.1 Å². The first kappa shape index (κ1) is 13.4. The highest BCUT2D eigenvalue weighted by molar-refractivity contribution is 7.91. The van der Waals surface area contributed by atoms with Crippen molar-refractivity contribution in [3.05, 3.63) is 23.8 Å². The monoisotopic (exact) mass is 281 g/mol. The summed E-state index contributed by atoms with van der Waals surface area (Å²) in [5.41, 5.74) is 0.403. The van der Waals surface area contributed by atoms with Crippen LogP contribution in [0.25, 0.3) is 0 Å². The van der Waals surface area contributed by atoms with Gasteiger partial charge < -0.3 is 9.47 Å². The second-order valence-electron chi connectivity index (χ2n) is 4.21. The number of nitrogens with zero attached hydrogens (tertiary/aromatic N) is 1. The molecule has 0 spiro atoms. The molecule has 100 valence electrons. The van der Waals surface area contributed by atoms with Gasteiger partial charge in [-0.3, -0.25) is 4.79 Å². The minimum Gasteiger partial charge on any atom is -0.454 e. The van der Waals surface area contributed by atoms with Gasteiger partial charge in [0.25, 0.3) is 0 Å². The zero-order valence-electron chi connectivity index (χ0n) is 10.1. The molecule has 0 fully saturated rings. The van der Waals surface area contributed by atoms with E-state index >= 15 is 0 Å². The number of fused-ring (bicyclic) bond motifs is 1. The maximum Gasteiger partial charge on any atom is 0.231 e. The van der Waals surface area contributed by atoms with Crippen molar-refractivity contribution < 1.29 is 22.7 Å². The highest BCUT2D eigenvalue weighted by Gasteiger charge is 2.25. The molecule has 19 heavy (non-hydrogen) atoms. The van der Waals surface area contributed by atoms with Crippen molar-refractivity contribution in [2.75, 3.05) is 18.8 Å². The summed E-state index contributed by atoms with van der Waals surface area (Å²) in [7, 11) is -3.45. The van der Waals surface area contributed by atoms with Gasteiger partial charge in [0.1, 0.15) is 11.7 Å². The van der Waals surface area contributed by atoms with Gasteiger partial charge in [0.2, 0.25) is 6.79 Å². The molecule has 0 aromatic heterocycles. The van der Waals surface area contributed by atoms with Crippen LogP contribution in [0.15, 0.2) is 18.2 Å². The van der Waals surface area contributed by atoms with Crippen LogP contribution in [0, 0.1) is 11.3 Å². The molecular formula is C12H11NO5S. The predicted octanol–water partition coefficient (Wildman–Crippen LogP) is 0.636. The van der Waals surface area contributed by atoms with E-state index in [9.17, 15) is 13.2 Å². The highest BCUT2D eigenvalue weighted by atomic mass is 32.2. The summed E-state index contributed by atoms with van der Waals surface area (Å²) < 4.78 is 32.5. The average Bonchev–Trinajstić information content (AvgIpc) is 2.74. The molecule has 6 nitrogen and oxygen atoms in total. The molecule has 0 radical (unpaired) electrons. The van der Waals surface area contributed by atoms with E-state index in [1.54, 1.807) is 12.1 Å². The van der Waals surface area contributed by atoms with Crippen molar-refractivity contribution >= 4 is 15.6 Å². The Morgan fingerprint density at radius 1 is 1.42 bits per heavy atom. The molecule has 1 aromatic rings. The van der Waals surface area contributed by atoms with E-state index in [4.69, 9.17) is 14.7 Å². The van der Waals surface area contributed by atoms with Crippen molar-refractivity contribution in [3.63, 3.8) is 0 Å². The second-order valence-corrected chi connectivity index (χ2v) is 6.35. The Labute approximate surface area is 110 Å². The Hall–Kier alpha value is -2.07. The molecule has 0 saturated carbocycles. The quantitative estimate of drug-likeness (QED) is 0.803. The van der Waals surface area contributed by atoms with Gasteiger partial charge >= 0.3 is 0 Å². The number of Topliss-reactive ketones (excluding diaryl/α,β-unsaturated/α-hetero) is 1. The summed E-state index contributed by atoms with van der Waals surface area (Å²) in [6.45, 7) is 0.0906. The van der Waals surface area contributed by atoms with Gasteiger partial charge in [0, 0.05) is 6.26 Å². The first-order valence-corrected chi connectivity index (χ1v) is 7.46. The second kappa shape index (κ2) is 4.90. The van der Waals surface area contributed by atoms with Crippen molar-refractivity contribution in [1.29, 1.82) is 5.26 Å². The molecule has 0 bridgehead atoms. The number of hydrogen-bond donors (Lipinski definition) is 0. The Morgan fingerprint density at radius 2 is 2.11 bits per heavy atom. The molecule has 0 aliphatic carbocycles. The van der Waals surface area contributed by atoms with Crippen LogP contribution in [0.2, 0.25) is 0 Å². The molecule has 1 atom stereocenters. The minimum atomic E-state index is -3.45. The third-order valence-corrected chi connectivity index (χ3v) is 3.39. The molecule has 1 aliphatic rings. The van der Waals surface area contributed by atoms with Crippen LogP contribution in [0.1, 0.15) is 11.5 Å². The SMILES string of the molecule is CS(=O)(=O)CC(=O)C(C#N)c1ccc2c(c1)OCO2. The zero-order valence-corrected chi connectivity index (χ0v) is 10.9. The van der Waals surface area contributed by atoms with Crippen molar-refractivity contribution in [2.24, 2.45) is 0 Å². The number of ketones is 1. The van der Waals surface area contributed by atoms with Gasteiger partial charge in [0.15, 0.2) is 27.1 Å². The lowest BCUT2D eigenvalue weighted by atomic mass is 9.96. The zero-order chi connectivity index (χ0) is 14.0. The van der Waals surface area contributed by atoms with Crippen molar-refractivity contribution in [3.8, 4) is 17.6 Å². The molecule has 1 heterocycles. The van der Waals surface area contributed by atoms with E-state index < -0.39 is 27.3 Å². The largest absolute Gasteiger partial charge is 0.454 e. The third-order valence-electron chi connectivity index (χ3n) is 2.59. The summed E-state index contributed by atoms with van der Waals surface area (Å²) in [4.78, 5) is 11.8. The Morgan fingerprint density at radius 3 is 2.74 bits per heavy atom. The molecule has 0 N–H and O–H groups in total. The van der Waals surface area contributed by atoms with Crippen LogP contribution >= 0.6 is 0 Å². The molecule has 0 saturated heterocycles.